The maximum atomic E-state index is 13.2. The van der Waals surface area contributed by atoms with E-state index < -0.39 is 0 Å². The number of benzene rings is 2. The Bertz CT molecular complexity index is 1300. The van der Waals surface area contributed by atoms with Gasteiger partial charge in [0.05, 0.1) is 22.6 Å². The first kappa shape index (κ1) is 22.2. The highest BCUT2D eigenvalue weighted by molar-refractivity contribution is 7.20. The normalized spacial score (nSPS) is 13.8. The Labute approximate surface area is 203 Å². The minimum atomic E-state index is -0.160. The number of piperazine rings is 1. The number of carbonyl (C=O) groups is 1. The molecule has 34 heavy (non-hydrogen) atoms. The number of carbonyl (C=O) groups excluding carboxylic acids is 1. The van der Waals surface area contributed by atoms with Crippen molar-refractivity contribution in [2.24, 2.45) is 0 Å². The fraction of sp³-hybridized carbons (Fsp3) is 0.269. The molecule has 7 nitrogen and oxygen atoms in total. The molecule has 0 atom stereocenters. The average molecular weight is 474 g/mol. The van der Waals surface area contributed by atoms with E-state index in [1.807, 2.05) is 44.2 Å². The minimum Gasteiger partial charge on any atom is -0.492 e. The summed E-state index contributed by atoms with van der Waals surface area (Å²) in [6, 6.07) is 18.0. The van der Waals surface area contributed by atoms with Crippen molar-refractivity contribution in [3.63, 3.8) is 0 Å². The smallest absolute Gasteiger partial charge is 0.266 e. The van der Waals surface area contributed by atoms with Crippen molar-refractivity contribution in [3.8, 4) is 5.75 Å². The summed E-state index contributed by atoms with van der Waals surface area (Å²) in [5, 5.41) is 3.98. The van der Waals surface area contributed by atoms with Gasteiger partial charge >= 0.3 is 0 Å². The summed E-state index contributed by atoms with van der Waals surface area (Å²) in [6.07, 6.45) is 1.60. The number of amides is 1. The number of hydrogen-bond acceptors (Lipinski definition) is 7. The summed E-state index contributed by atoms with van der Waals surface area (Å²) in [5.41, 5.74) is 2.81. The summed E-state index contributed by atoms with van der Waals surface area (Å²) in [6.45, 7) is 7.99. The quantitative estimate of drug-likeness (QED) is 0.426. The molecule has 174 valence electrons. The molecule has 0 bridgehead atoms. The fourth-order valence-corrected chi connectivity index (χ4v) is 5.39. The van der Waals surface area contributed by atoms with E-state index in [9.17, 15) is 4.79 Å². The Morgan fingerprint density at radius 1 is 1.00 bits per heavy atom. The zero-order valence-corrected chi connectivity index (χ0v) is 20.1. The van der Waals surface area contributed by atoms with Crippen molar-refractivity contribution < 1.29 is 9.53 Å². The molecule has 0 saturated carbocycles. The summed E-state index contributed by atoms with van der Waals surface area (Å²) < 4.78 is 5.66. The topological polar surface area (TPSA) is 70.6 Å². The van der Waals surface area contributed by atoms with Gasteiger partial charge < -0.3 is 19.9 Å². The molecular formula is C26H27N5O2S. The molecule has 1 saturated heterocycles. The highest BCUT2D eigenvalue weighted by Gasteiger charge is 2.25. The minimum absolute atomic E-state index is 0.160. The molecule has 1 N–H and O–H groups in total. The van der Waals surface area contributed by atoms with E-state index in [2.05, 4.69) is 49.4 Å². The molecule has 0 radical (unpaired) electrons. The summed E-state index contributed by atoms with van der Waals surface area (Å²) in [4.78, 5) is 28.5. The lowest BCUT2D eigenvalue weighted by Crippen LogP contribution is -2.46. The van der Waals surface area contributed by atoms with Gasteiger partial charge in [0, 0.05) is 31.9 Å². The van der Waals surface area contributed by atoms with Gasteiger partial charge in [-0.05, 0) is 43.7 Å². The van der Waals surface area contributed by atoms with E-state index in [-0.39, 0.29) is 5.91 Å². The Balaban J connectivity index is 1.39. The SMILES string of the molecule is CCOc1ccccc1NC(=O)c1sc2ncnc(N3CCN(c4ccccc4)CC3)c2c1C. The third-order valence-electron chi connectivity index (χ3n) is 6.05. The van der Waals surface area contributed by atoms with Crippen LogP contribution in [0, 0.1) is 6.92 Å². The Morgan fingerprint density at radius 2 is 1.71 bits per heavy atom. The fourth-order valence-electron chi connectivity index (χ4n) is 4.36. The summed E-state index contributed by atoms with van der Waals surface area (Å²) in [5.74, 6) is 1.40. The molecule has 1 fully saturated rings. The molecule has 0 spiro atoms. The van der Waals surface area contributed by atoms with E-state index >= 15 is 0 Å². The molecule has 1 aliphatic heterocycles. The largest absolute Gasteiger partial charge is 0.492 e. The van der Waals surface area contributed by atoms with Crippen LogP contribution < -0.4 is 19.9 Å². The molecule has 5 rings (SSSR count). The monoisotopic (exact) mass is 473 g/mol. The Morgan fingerprint density at radius 3 is 2.47 bits per heavy atom. The zero-order chi connectivity index (χ0) is 23.5. The standard InChI is InChI=1S/C26H27N5O2S/c1-3-33-21-12-8-7-11-20(21)29-25(32)23-18(2)22-24(27-17-28-26(22)34-23)31-15-13-30(14-16-31)19-9-5-4-6-10-19/h4-12,17H,3,13-16H2,1-2H3,(H,29,32). The molecular weight excluding hydrogens is 446 g/mol. The van der Waals surface area contributed by atoms with Gasteiger partial charge in [-0.3, -0.25) is 4.79 Å². The molecule has 1 amide bonds. The van der Waals surface area contributed by atoms with Crippen molar-refractivity contribution in [2.45, 2.75) is 13.8 Å². The third-order valence-corrected chi connectivity index (χ3v) is 7.25. The molecule has 0 aliphatic carbocycles. The average Bonchev–Trinajstić information content (AvgIpc) is 3.23. The lowest BCUT2D eigenvalue weighted by atomic mass is 10.1. The van der Waals surface area contributed by atoms with Crippen molar-refractivity contribution >= 4 is 44.7 Å². The van der Waals surface area contributed by atoms with Gasteiger partial charge in [0.15, 0.2) is 0 Å². The summed E-state index contributed by atoms with van der Waals surface area (Å²) in [7, 11) is 0. The first-order chi connectivity index (χ1) is 16.7. The van der Waals surface area contributed by atoms with Gasteiger partial charge in [-0.1, -0.05) is 30.3 Å². The second-order valence-electron chi connectivity index (χ2n) is 8.13. The Hall–Kier alpha value is -3.65. The molecule has 3 heterocycles. The molecule has 0 unspecified atom stereocenters. The maximum Gasteiger partial charge on any atom is 0.266 e. The van der Waals surface area contributed by atoms with Gasteiger partial charge in [-0.25, -0.2) is 9.97 Å². The predicted molar refractivity (Wildman–Crippen MR) is 139 cm³/mol. The third kappa shape index (κ3) is 4.28. The molecule has 8 heteroatoms. The van der Waals surface area contributed by atoms with Crippen LogP contribution in [-0.2, 0) is 0 Å². The van der Waals surface area contributed by atoms with Gasteiger partial charge in [0.25, 0.3) is 5.91 Å². The number of anilines is 3. The molecule has 2 aromatic heterocycles. The van der Waals surface area contributed by atoms with Crippen molar-refractivity contribution in [2.75, 3.05) is 47.9 Å². The van der Waals surface area contributed by atoms with Crippen LogP contribution in [0.4, 0.5) is 17.2 Å². The van der Waals surface area contributed by atoms with Crippen LogP contribution in [0.2, 0.25) is 0 Å². The van der Waals surface area contributed by atoms with Crippen LogP contribution in [-0.4, -0.2) is 48.7 Å². The zero-order valence-electron chi connectivity index (χ0n) is 19.3. The number of para-hydroxylation sites is 3. The number of aromatic nitrogens is 2. The second kappa shape index (κ2) is 9.69. The number of aryl methyl sites for hydroxylation is 1. The first-order valence-electron chi connectivity index (χ1n) is 11.5. The maximum absolute atomic E-state index is 13.2. The van der Waals surface area contributed by atoms with Crippen LogP contribution in [0.3, 0.4) is 0 Å². The van der Waals surface area contributed by atoms with E-state index in [1.54, 1.807) is 6.33 Å². The highest BCUT2D eigenvalue weighted by Crippen LogP contribution is 2.36. The molecule has 4 aromatic rings. The van der Waals surface area contributed by atoms with Crippen molar-refractivity contribution in [3.05, 3.63) is 71.4 Å². The van der Waals surface area contributed by atoms with Gasteiger partial charge in [0.2, 0.25) is 0 Å². The lowest BCUT2D eigenvalue weighted by molar-refractivity contribution is 0.102. The molecule has 1 aliphatic rings. The number of ether oxygens (including phenoxy) is 1. The molecule has 2 aromatic carbocycles. The van der Waals surface area contributed by atoms with E-state index in [4.69, 9.17) is 4.74 Å². The van der Waals surface area contributed by atoms with Crippen LogP contribution >= 0.6 is 11.3 Å². The number of nitrogens with one attached hydrogen (secondary N) is 1. The lowest BCUT2D eigenvalue weighted by Gasteiger charge is -2.37. The number of thiophene rings is 1. The van der Waals surface area contributed by atoms with Crippen LogP contribution in [0.5, 0.6) is 5.75 Å². The first-order valence-corrected chi connectivity index (χ1v) is 12.3. The van der Waals surface area contributed by atoms with E-state index in [0.717, 1.165) is 47.8 Å². The number of rotatable bonds is 6. The van der Waals surface area contributed by atoms with Crippen LogP contribution in [0.15, 0.2) is 60.9 Å². The van der Waals surface area contributed by atoms with Gasteiger partial charge in [-0.15, -0.1) is 11.3 Å². The second-order valence-corrected chi connectivity index (χ2v) is 9.13. The van der Waals surface area contributed by atoms with E-state index in [0.29, 0.717) is 22.9 Å². The number of nitrogens with zero attached hydrogens (tertiary/aromatic N) is 4. The van der Waals surface area contributed by atoms with Crippen LogP contribution in [0.25, 0.3) is 10.2 Å². The van der Waals surface area contributed by atoms with Gasteiger partial charge in [-0.2, -0.15) is 0 Å². The van der Waals surface area contributed by atoms with Crippen LogP contribution in [0.1, 0.15) is 22.2 Å². The number of fused-ring (bicyclic) bond motifs is 1. The van der Waals surface area contributed by atoms with Crippen molar-refractivity contribution in [1.29, 1.82) is 0 Å². The number of hydrogen-bond donors (Lipinski definition) is 1. The van der Waals surface area contributed by atoms with Crippen molar-refractivity contribution in [1.82, 2.24) is 9.97 Å². The highest BCUT2D eigenvalue weighted by atomic mass is 32.1. The Kier molecular flexibility index (Phi) is 6.31. The predicted octanol–water partition coefficient (Wildman–Crippen LogP) is 4.98. The van der Waals surface area contributed by atoms with E-state index in [1.165, 1.54) is 17.0 Å². The summed E-state index contributed by atoms with van der Waals surface area (Å²) >= 11 is 1.40. The van der Waals surface area contributed by atoms with Gasteiger partial charge in [0.1, 0.15) is 22.7 Å².